The van der Waals surface area contributed by atoms with Gasteiger partial charge in [-0.1, -0.05) is 59.6 Å². The summed E-state index contributed by atoms with van der Waals surface area (Å²) in [6.45, 7) is 7.73. The Morgan fingerprint density at radius 2 is 1.61 bits per heavy atom. The van der Waals surface area contributed by atoms with E-state index in [1.165, 1.54) is 0 Å². The fraction of sp³-hybridized carbons (Fsp3) is 0.444. The van der Waals surface area contributed by atoms with Crippen molar-refractivity contribution < 1.29 is 28.6 Å². The van der Waals surface area contributed by atoms with Gasteiger partial charge < -0.3 is 24.8 Å². The number of hydrogen-bond acceptors (Lipinski definition) is 6. The largest absolute Gasteiger partial charge is 0.459 e. The zero-order chi connectivity index (χ0) is 26.6. The third kappa shape index (κ3) is 11.4. The highest BCUT2D eigenvalue weighted by Crippen LogP contribution is 2.16. The molecule has 0 fully saturated rings. The van der Waals surface area contributed by atoms with E-state index in [1.807, 2.05) is 37.3 Å². The molecule has 196 valence electrons. The van der Waals surface area contributed by atoms with Crippen LogP contribution in [0.1, 0.15) is 56.7 Å². The molecule has 0 aliphatic carbocycles. The van der Waals surface area contributed by atoms with Crippen LogP contribution in [0.4, 0.5) is 9.59 Å². The van der Waals surface area contributed by atoms with Crippen LogP contribution in [0.3, 0.4) is 0 Å². The predicted molar refractivity (Wildman–Crippen MR) is 138 cm³/mol. The van der Waals surface area contributed by atoms with Gasteiger partial charge in [-0.3, -0.25) is 0 Å². The van der Waals surface area contributed by atoms with E-state index in [0.29, 0.717) is 30.8 Å². The van der Waals surface area contributed by atoms with Crippen molar-refractivity contribution in [2.24, 2.45) is 0 Å². The minimum atomic E-state index is -0.877. The third-order valence-electron chi connectivity index (χ3n) is 4.98. The lowest BCUT2D eigenvalue weighted by molar-refractivity contribution is -0.147. The van der Waals surface area contributed by atoms with E-state index >= 15 is 0 Å². The van der Waals surface area contributed by atoms with E-state index in [4.69, 9.17) is 25.8 Å². The van der Waals surface area contributed by atoms with Crippen LogP contribution in [0.5, 0.6) is 0 Å². The van der Waals surface area contributed by atoms with Gasteiger partial charge in [0.15, 0.2) is 0 Å². The van der Waals surface area contributed by atoms with Crippen molar-refractivity contribution in [3.63, 3.8) is 0 Å². The Labute approximate surface area is 217 Å². The Morgan fingerprint density at radius 1 is 0.917 bits per heavy atom. The number of aryl methyl sites for hydroxylation is 1. The molecule has 0 bridgehead atoms. The number of carbonyl (C=O) groups excluding carboxylic acids is 3. The van der Waals surface area contributed by atoms with Crippen molar-refractivity contribution in [2.75, 3.05) is 6.54 Å². The van der Waals surface area contributed by atoms with Gasteiger partial charge in [-0.05, 0) is 58.6 Å². The number of benzene rings is 2. The fourth-order valence-electron chi connectivity index (χ4n) is 3.11. The number of halogens is 1. The molecule has 9 heteroatoms. The van der Waals surface area contributed by atoms with E-state index in [1.54, 1.807) is 39.0 Å². The number of esters is 1. The quantitative estimate of drug-likeness (QED) is 0.225. The molecule has 0 radical (unpaired) electrons. The van der Waals surface area contributed by atoms with Crippen LogP contribution in [0.2, 0.25) is 5.02 Å². The van der Waals surface area contributed by atoms with Gasteiger partial charge in [-0.15, -0.1) is 0 Å². The number of rotatable bonds is 11. The highest BCUT2D eigenvalue weighted by atomic mass is 35.5. The van der Waals surface area contributed by atoms with Gasteiger partial charge in [0.1, 0.15) is 24.9 Å². The summed E-state index contributed by atoms with van der Waals surface area (Å²) in [4.78, 5) is 36.9. The van der Waals surface area contributed by atoms with Gasteiger partial charge in [-0.2, -0.15) is 0 Å². The van der Waals surface area contributed by atoms with Crippen molar-refractivity contribution in [3.8, 4) is 0 Å². The summed E-state index contributed by atoms with van der Waals surface area (Å²) in [6.07, 6.45) is 0.184. The molecule has 0 unspecified atom stereocenters. The summed E-state index contributed by atoms with van der Waals surface area (Å²) in [5, 5.41) is 5.80. The Balaban J connectivity index is 1.79. The van der Waals surface area contributed by atoms with E-state index in [-0.39, 0.29) is 13.2 Å². The standard InChI is InChI=1S/C27H35ClN2O6/c1-19-12-14-20(15-13-19)17-34-24(31)23(30-26(33)36-27(2,3)4)11-7-8-16-29-25(32)35-18-21-9-5-6-10-22(21)28/h5-6,9-10,12-15,23H,7-8,11,16-18H2,1-4H3,(H,29,32)(H,30,33)/t23-/m0/s1. The summed E-state index contributed by atoms with van der Waals surface area (Å²) in [5.74, 6) is -0.548. The SMILES string of the molecule is Cc1ccc(COC(=O)[C@H](CCCCNC(=O)OCc2ccccc2Cl)NC(=O)OC(C)(C)C)cc1. The third-order valence-corrected chi connectivity index (χ3v) is 5.35. The summed E-state index contributed by atoms with van der Waals surface area (Å²) in [7, 11) is 0. The van der Waals surface area contributed by atoms with E-state index < -0.39 is 29.8 Å². The molecule has 2 rings (SSSR count). The van der Waals surface area contributed by atoms with Crippen LogP contribution in [0, 0.1) is 6.92 Å². The summed E-state index contributed by atoms with van der Waals surface area (Å²) < 4.78 is 15.9. The normalized spacial score (nSPS) is 11.8. The van der Waals surface area contributed by atoms with Crippen molar-refractivity contribution >= 4 is 29.8 Å². The molecule has 2 N–H and O–H groups in total. The molecule has 0 saturated heterocycles. The molecule has 8 nitrogen and oxygen atoms in total. The number of ether oxygens (including phenoxy) is 3. The smallest absolute Gasteiger partial charge is 0.408 e. The lowest BCUT2D eigenvalue weighted by Crippen LogP contribution is -2.44. The number of hydrogen-bond donors (Lipinski definition) is 2. The molecule has 0 saturated carbocycles. The molecule has 2 amide bonds. The summed E-state index contributed by atoms with van der Waals surface area (Å²) in [5.41, 5.74) is 1.98. The lowest BCUT2D eigenvalue weighted by atomic mass is 10.1. The molecule has 2 aromatic rings. The molecule has 36 heavy (non-hydrogen) atoms. The van der Waals surface area contributed by atoms with E-state index in [0.717, 1.165) is 16.7 Å². The van der Waals surface area contributed by atoms with Gasteiger partial charge in [0.25, 0.3) is 0 Å². The van der Waals surface area contributed by atoms with Crippen molar-refractivity contribution in [3.05, 3.63) is 70.2 Å². The first-order valence-corrected chi connectivity index (χ1v) is 12.3. The van der Waals surface area contributed by atoms with Crippen LogP contribution in [-0.4, -0.2) is 36.3 Å². The zero-order valence-corrected chi connectivity index (χ0v) is 22.0. The molecule has 0 heterocycles. The Hall–Kier alpha value is -3.26. The number of alkyl carbamates (subject to hydrolysis) is 2. The molecule has 0 spiro atoms. The van der Waals surface area contributed by atoms with Crippen molar-refractivity contribution in [2.45, 2.75) is 71.8 Å². The summed E-state index contributed by atoms with van der Waals surface area (Å²) in [6, 6.07) is 13.9. The summed E-state index contributed by atoms with van der Waals surface area (Å²) >= 11 is 6.05. The second kappa shape index (κ2) is 14.3. The molecule has 0 aliphatic rings. The van der Waals surface area contributed by atoms with Crippen LogP contribution in [0.15, 0.2) is 48.5 Å². The second-order valence-electron chi connectivity index (χ2n) is 9.38. The number of unbranched alkanes of at least 4 members (excludes halogenated alkanes) is 1. The average molecular weight is 519 g/mol. The maximum absolute atomic E-state index is 12.7. The van der Waals surface area contributed by atoms with Crippen LogP contribution < -0.4 is 10.6 Å². The molecule has 0 aromatic heterocycles. The molecule has 1 atom stereocenters. The number of carbonyl (C=O) groups is 3. The highest BCUT2D eigenvalue weighted by Gasteiger charge is 2.25. The topological polar surface area (TPSA) is 103 Å². The van der Waals surface area contributed by atoms with Crippen LogP contribution >= 0.6 is 11.6 Å². The molecule has 2 aromatic carbocycles. The monoisotopic (exact) mass is 518 g/mol. The van der Waals surface area contributed by atoms with Gasteiger partial charge in [0.05, 0.1) is 0 Å². The maximum atomic E-state index is 12.7. The predicted octanol–water partition coefficient (Wildman–Crippen LogP) is 5.68. The first kappa shape index (κ1) is 29.0. The van der Waals surface area contributed by atoms with Gasteiger partial charge in [0.2, 0.25) is 0 Å². The fourth-order valence-corrected chi connectivity index (χ4v) is 3.30. The Bertz CT molecular complexity index is 1000. The number of amides is 2. The lowest BCUT2D eigenvalue weighted by Gasteiger charge is -2.23. The Morgan fingerprint density at radius 3 is 2.28 bits per heavy atom. The Kier molecular flexibility index (Phi) is 11.5. The van der Waals surface area contributed by atoms with Gasteiger partial charge >= 0.3 is 18.2 Å². The first-order valence-electron chi connectivity index (χ1n) is 11.9. The highest BCUT2D eigenvalue weighted by molar-refractivity contribution is 6.31. The van der Waals surface area contributed by atoms with Crippen molar-refractivity contribution in [1.29, 1.82) is 0 Å². The maximum Gasteiger partial charge on any atom is 0.408 e. The average Bonchev–Trinajstić information content (AvgIpc) is 2.81. The zero-order valence-electron chi connectivity index (χ0n) is 21.3. The molecule has 0 aliphatic heterocycles. The molecular weight excluding hydrogens is 484 g/mol. The van der Waals surface area contributed by atoms with Gasteiger partial charge in [-0.25, -0.2) is 14.4 Å². The minimum absolute atomic E-state index is 0.0697. The minimum Gasteiger partial charge on any atom is -0.459 e. The van der Waals surface area contributed by atoms with Crippen molar-refractivity contribution in [1.82, 2.24) is 10.6 Å². The van der Waals surface area contributed by atoms with Crippen LogP contribution in [0.25, 0.3) is 0 Å². The van der Waals surface area contributed by atoms with E-state index in [2.05, 4.69) is 10.6 Å². The first-order chi connectivity index (χ1) is 17.0. The second-order valence-corrected chi connectivity index (χ2v) is 9.79. The van der Waals surface area contributed by atoms with Gasteiger partial charge in [0, 0.05) is 17.1 Å². The van der Waals surface area contributed by atoms with Crippen LogP contribution in [-0.2, 0) is 32.2 Å². The molecular formula is C27H35ClN2O6. The number of nitrogens with one attached hydrogen (secondary N) is 2. The van der Waals surface area contributed by atoms with E-state index in [9.17, 15) is 14.4 Å².